The first-order valence-corrected chi connectivity index (χ1v) is 8.21. The highest BCUT2D eigenvalue weighted by molar-refractivity contribution is 6.36. The van der Waals surface area contributed by atoms with Gasteiger partial charge in [0.2, 0.25) is 0 Å². The molecule has 1 aromatic carbocycles. The predicted molar refractivity (Wildman–Crippen MR) is 85.9 cm³/mol. The van der Waals surface area contributed by atoms with Gasteiger partial charge in [-0.3, -0.25) is 0 Å². The van der Waals surface area contributed by atoms with Crippen molar-refractivity contribution in [3.63, 3.8) is 0 Å². The summed E-state index contributed by atoms with van der Waals surface area (Å²) in [4.78, 5) is 11.9. The Balaban J connectivity index is 1.70. The lowest BCUT2D eigenvalue weighted by molar-refractivity contribution is -0.137. The number of benzene rings is 1. The molecule has 0 aromatic heterocycles. The van der Waals surface area contributed by atoms with Crippen LogP contribution >= 0.6 is 0 Å². The summed E-state index contributed by atoms with van der Waals surface area (Å²) in [6.45, 7) is 0.210. The number of rotatable bonds is 7. The zero-order chi connectivity index (χ0) is 15.6. The van der Waals surface area contributed by atoms with Crippen molar-refractivity contribution in [3.8, 4) is 0 Å². The zero-order valence-electron chi connectivity index (χ0n) is 13.0. The van der Waals surface area contributed by atoms with Crippen molar-refractivity contribution >= 4 is 11.7 Å². The van der Waals surface area contributed by atoms with Crippen LogP contribution in [0.1, 0.15) is 56.9 Å². The van der Waals surface area contributed by atoms with E-state index in [2.05, 4.69) is 5.16 Å². The molecule has 0 atom stereocenters. The lowest BCUT2D eigenvalue weighted by Crippen LogP contribution is -2.18. The molecule has 1 N–H and O–H groups in total. The molecule has 0 aliphatic heterocycles. The Morgan fingerprint density at radius 2 is 1.91 bits per heavy atom. The Bertz CT molecular complexity index is 478. The van der Waals surface area contributed by atoms with E-state index in [1.54, 1.807) is 0 Å². The number of hydrogen-bond acceptors (Lipinski definition) is 4. The van der Waals surface area contributed by atoms with E-state index in [-0.39, 0.29) is 12.3 Å². The number of oxime groups is 1. The lowest BCUT2D eigenvalue weighted by atomic mass is 9.85. The second-order valence-electron chi connectivity index (χ2n) is 6.00. The number of ether oxygens (including phenoxy) is 1. The molecule has 1 aromatic rings. The van der Waals surface area contributed by atoms with Crippen LogP contribution in [0.15, 0.2) is 35.5 Å². The molecule has 0 bridgehead atoms. The fraction of sp³-hybridized carbons (Fsp3) is 0.556. The van der Waals surface area contributed by atoms with E-state index in [0.29, 0.717) is 6.42 Å². The Morgan fingerprint density at radius 1 is 1.18 bits per heavy atom. The van der Waals surface area contributed by atoms with Gasteiger partial charge in [0.15, 0.2) is 5.71 Å². The third-order valence-corrected chi connectivity index (χ3v) is 4.32. The normalized spacial score (nSPS) is 16.5. The maximum absolute atomic E-state index is 11.9. The number of nitrogens with zero attached hydrogens (tertiary/aromatic N) is 1. The van der Waals surface area contributed by atoms with Crippen LogP contribution < -0.4 is 0 Å². The van der Waals surface area contributed by atoms with Gasteiger partial charge in [-0.25, -0.2) is 4.79 Å². The van der Waals surface area contributed by atoms with Crippen LogP contribution in [0.3, 0.4) is 0 Å². The molecule has 1 saturated carbocycles. The molecule has 0 amide bonds. The van der Waals surface area contributed by atoms with E-state index >= 15 is 0 Å². The largest absolute Gasteiger partial charge is 0.456 e. The summed E-state index contributed by atoms with van der Waals surface area (Å²) in [5.74, 6) is 0.254. The van der Waals surface area contributed by atoms with E-state index in [9.17, 15) is 4.79 Å². The van der Waals surface area contributed by atoms with Crippen LogP contribution in [0, 0.1) is 5.92 Å². The van der Waals surface area contributed by atoms with Crippen molar-refractivity contribution in [1.29, 1.82) is 0 Å². The average Bonchev–Trinajstić information content (AvgIpc) is 2.58. The van der Waals surface area contributed by atoms with E-state index in [1.807, 2.05) is 30.3 Å². The second-order valence-corrected chi connectivity index (χ2v) is 6.00. The van der Waals surface area contributed by atoms with Crippen LogP contribution in [-0.4, -0.2) is 16.9 Å². The highest BCUT2D eigenvalue weighted by Gasteiger charge is 2.17. The minimum Gasteiger partial charge on any atom is -0.456 e. The van der Waals surface area contributed by atoms with Gasteiger partial charge in [-0.05, 0) is 17.9 Å². The van der Waals surface area contributed by atoms with E-state index in [0.717, 1.165) is 24.3 Å². The quantitative estimate of drug-likeness (QED) is 0.353. The Morgan fingerprint density at radius 3 is 2.59 bits per heavy atom. The number of carbonyl (C=O) groups is 1. The lowest BCUT2D eigenvalue weighted by Gasteiger charge is -2.21. The summed E-state index contributed by atoms with van der Waals surface area (Å²) in [5, 5.41) is 12.1. The molecular formula is C18H25NO3. The SMILES string of the molecule is O=C(OCc1ccccc1)/C(CCCC1CCCCC1)=N/O. The molecule has 0 radical (unpaired) electrons. The first-order valence-electron chi connectivity index (χ1n) is 8.21. The van der Waals surface area contributed by atoms with E-state index in [4.69, 9.17) is 9.94 Å². The number of hydrogen-bond donors (Lipinski definition) is 1. The van der Waals surface area contributed by atoms with Gasteiger partial charge in [0.25, 0.3) is 0 Å². The first-order chi connectivity index (χ1) is 10.8. The molecule has 1 aliphatic rings. The van der Waals surface area contributed by atoms with Crippen molar-refractivity contribution in [1.82, 2.24) is 0 Å². The van der Waals surface area contributed by atoms with Gasteiger partial charge in [0.05, 0.1) is 0 Å². The maximum Gasteiger partial charge on any atom is 0.356 e. The molecule has 120 valence electrons. The monoisotopic (exact) mass is 303 g/mol. The Kier molecular flexibility index (Phi) is 6.94. The summed E-state index contributed by atoms with van der Waals surface area (Å²) >= 11 is 0. The highest BCUT2D eigenvalue weighted by atomic mass is 16.5. The molecule has 0 saturated heterocycles. The van der Waals surface area contributed by atoms with E-state index in [1.165, 1.54) is 32.1 Å². The number of esters is 1. The van der Waals surface area contributed by atoms with Crippen LogP contribution in [0.4, 0.5) is 0 Å². The Labute approximate surface area is 132 Å². The molecule has 0 unspecified atom stereocenters. The molecule has 2 rings (SSSR count). The summed E-state index contributed by atoms with van der Waals surface area (Å²) in [7, 11) is 0. The minimum atomic E-state index is -0.519. The topological polar surface area (TPSA) is 58.9 Å². The molecular weight excluding hydrogens is 278 g/mol. The maximum atomic E-state index is 11.9. The summed E-state index contributed by atoms with van der Waals surface area (Å²) in [5.41, 5.74) is 1.06. The van der Waals surface area contributed by atoms with Gasteiger partial charge in [-0.1, -0.05) is 74.0 Å². The average molecular weight is 303 g/mol. The summed E-state index contributed by atoms with van der Waals surface area (Å²) in [6, 6.07) is 9.50. The third-order valence-electron chi connectivity index (χ3n) is 4.32. The molecule has 1 fully saturated rings. The van der Waals surface area contributed by atoms with Gasteiger partial charge in [0, 0.05) is 6.42 Å². The molecule has 4 heteroatoms. The van der Waals surface area contributed by atoms with Crippen molar-refractivity contribution in [3.05, 3.63) is 35.9 Å². The van der Waals surface area contributed by atoms with Gasteiger partial charge >= 0.3 is 5.97 Å². The minimum absolute atomic E-state index is 0.131. The second kappa shape index (κ2) is 9.23. The summed E-state index contributed by atoms with van der Waals surface area (Å²) < 4.78 is 5.19. The van der Waals surface area contributed by atoms with Gasteiger partial charge in [0.1, 0.15) is 6.61 Å². The molecule has 22 heavy (non-hydrogen) atoms. The van der Waals surface area contributed by atoms with Gasteiger partial charge in [-0.2, -0.15) is 0 Å². The standard InChI is InChI=1S/C18H25NO3/c20-18(22-14-16-10-5-2-6-11-16)17(19-21)13-7-12-15-8-3-1-4-9-15/h2,5-6,10-11,15,21H,1,3-4,7-9,12-14H2/b19-17+. The van der Waals surface area contributed by atoms with Gasteiger partial charge in [-0.15, -0.1) is 0 Å². The summed E-state index contributed by atoms with van der Waals surface area (Å²) in [6.07, 6.45) is 9.06. The van der Waals surface area contributed by atoms with E-state index < -0.39 is 5.97 Å². The smallest absolute Gasteiger partial charge is 0.356 e. The first kappa shape index (κ1) is 16.5. The Hall–Kier alpha value is -1.84. The number of carbonyl (C=O) groups excluding carboxylic acids is 1. The van der Waals surface area contributed by atoms with Crippen molar-refractivity contribution in [2.24, 2.45) is 11.1 Å². The predicted octanol–water partition coefficient (Wildman–Crippen LogP) is 4.31. The highest BCUT2D eigenvalue weighted by Crippen LogP contribution is 2.27. The molecule has 1 aliphatic carbocycles. The van der Waals surface area contributed by atoms with Crippen LogP contribution in [0.2, 0.25) is 0 Å². The van der Waals surface area contributed by atoms with Crippen LogP contribution in [0.5, 0.6) is 0 Å². The van der Waals surface area contributed by atoms with Crippen LogP contribution in [-0.2, 0) is 16.1 Å². The zero-order valence-corrected chi connectivity index (χ0v) is 13.0. The molecule has 0 heterocycles. The van der Waals surface area contributed by atoms with Crippen molar-refractivity contribution < 1.29 is 14.7 Å². The van der Waals surface area contributed by atoms with Crippen molar-refractivity contribution in [2.45, 2.75) is 58.0 Å². The van der Waals surface area contributed by atoms with Gasteiger partial charge < -0.3 is 9.94 Å². The van der Waals surface area contributed by atoms with Crippen molar-refractivity contribution in [2.75, 3.05) is 0 Å². The molecule has 0 spiro atoms. The fourth-order valence-corrected chi connectivity index (χ4v) is 3.03. The third kappa shape index (κ3) is 5.51. The molecule has 4 nitrogen and oxygen atoms in total. The fourth-order valence-electron chi connectivity index (χ4n) is 3.03. The van der Waals surface area contributed by atoms with Crippen LogP contribution in [0.25, 0.3) is 0 Å².